The fourth-order valence-electron chi connectivity index (χ4n) is 1.67. The van der Waals surface area contributed by atoms with Gasteiger partial charge < -0.3 is 10.4 Å². The molecular weight excluding hydrogens is 296 g/mol. The highest BCUT2D eigenvalue weighted by Gasteiger charge is 2.12. The molecule has 0 saturated carbocycles. The zero-order chi connectivity index (χ0) is 15.2. The van der Waals surface area contributed by atoms with E-state index in [9.17, 15) is 20.0 Å². The SMILES string of the molecule is O=C(CCn1cc([N+](=O)[O-])cn1)NCC(O)c1ccsc1. The summed E-state index contributed by atoms with van der Waals surface area (Å²) in [6.45, 7) is 0.378. The Morgan fingerprint density at radius 1 is 1.62 bits per heavy atom. The van der Waals surface area contributed by atoms with Crippen LogP contribution in [-0.4, -0.2) is 32.3 Å². The summed E-state index contributed by atoms with van der Waals surface area (Å²) < 4.78 is 1.34. The molecule has 112 valence electrons. The van der Waals surface area contributed by atoms with Crippen LogP contribution in [-0.2, 0) is 11.3 Å². The number of thiophene rings is 1. The largest absolute Gasteiger partial charge is 0.387 e. The lowest BCUT2D eigenvalue weighted by molar-refractivity contribution is -0.385. The number of carbonyl (C=O) groups is 1. The maximum absolute atomic E-state index is 11.6. The van der Waals surface area contributed by atoms with Gasteiger partial charge >= 0.3 is 5.69 Å². The summed E-state index contributed by atoms with van der Waals surface area (Å²) in [4.78, 5) is 21.6. The number of hydrogen-bond acceptors (Lipinski definition) is 6. The number of carbonyl (C=O) groups excluding carboxylic acids is 1. The average molecular weight is 310 g/mol. The van der Waals surface area contributed by atoms with E-state index in [1.165, 1.54) is 22.2 Å². The number of nitrogens with one attached hydrogen (secondary N) is 1. The summed E-state index contributed by atoms with van der Waals surface area (Å²) in [6, 6.07) is 1.80. The normalized spacial score (nSPS) is 12.0. The number of hydrogen-bond donors (Lipinski definition) is 2. The van der Waals surface area contributed by atoms with Crippen molar-refractivity contribution in [1.29, 1.82) is 0 Å². The van der Waals surface area contributed by atoms with Crippen molar-refractivity contribution < 1.29 is 14.8 Å². The van der Waals surface area contributed by atoms with Gasteiger partial charge in [0.15, 0.2) is 0 Å². The van der Waals surface area contributed by atoms with Crippen LogP contribution < -0.4 is 5.32 Å². The zero-order valence-electron chi connectivity index (χ0n) is 11.0. The third kappa shape index (κ3) is 4.36. The quantitative estimate of drug-likeness (QED) is 0.587. The standard InChI is InChI=1S/C12H14N4O4S/c17-11(9-2-4-21-8-9)6-13-12(18)1-3-15-7-10(5-14-15)16(19)20/h2,4-5,7-8,11,17H,1,3,6H2,(H,13,18). The Kier molecular flexibility index (Phi) is 5.01. The molecular formula is C12H14N4O4S. The van der Waals surface area contributed by atoms with E-state index < -0.39 is 11.0 Å². The lowest BCUT2D eigenvalue weighted by Gasteiger charge is -2.10. The van der Waals surface area contributed by atoms with Crippen LogP contribution in [0.1, 0.15) is 18.1 Å². The van der Waals surface area contributed by atoms with Crippen molar-refractivity contribution in [1.82, 2.24) is 15.1 Å². The van der Waals surface area contributed by atoms with Gasteiger partial charge in [0.25, 0.3) is 0 Å². The van der Waals surface area contributed by atoms with Crippen LogP contribution in [0.2, 0.25) is 0 Å². The van der Waals surface area contributed by atoms with Gasteiger partial charge in [-0.05, 0) is 22.4 Å². The van der Waals surface area contributed by atoms with Gasteiger partial charge in [-0.2, -0.15) is 16.4 Å². The van der Waals surface area contributed by atoms with Gasteiger partial charge in [0.1, 0.15) is 12.4 Å². The predicted molar refractivity (Wildman–Crippen MR) is 75.8 cm³/mol. The molecule has 0 fully saturated rings. The molecule has 0 saturated heterocycles. The Morgan fingerprint density at radius 2 is 2.43 bits per heavy atom. The third-order valence-electron chi connectivity index (χ3n) is 2.82. The highest BCUT2D eigenvalue weighted by Crippen LogP contribution is 2.15. The summed E-state index contributed by atoms with van der Waals surface area (Å²) in [5.41, 5.74) is 0.659. The van der Waals surface area contributed by atoms with Crippen molar-refractivity contribution in [3.8, 4) is 0 Å². The summed E-state index contributed by atoms with van der Waals surface area (Å²) in [5.74, 6) is -0.248. The van der Waals surface area contributed by atoms with E-state index in [1.807, 2.05) is 10.8 Å². The molecule has 9 heteroatoms. The second-order valence-electron chi connectivity index (χ2n) is 4.35. The van der Waals surface area contributed by atoms with Crippen LogP contribution in [0, 0.1) is 10.1 Å². The van der Waals surface area contributed by atoms with Crippen LogP contribution in [0.3, 0.4) is 0 Å². The van der Waals surface area contributed by atoms with E-state index >= 15 is 0 Å². The van der Waals surface area contributed by atoms with Crippen LogP contribution in [0.4, 0.5) is 5.69 Å². The number of aryl methyl sites for hydroxylation is 1. The molecule has 1 amide bonds. The molecule has 21 heavy (non-hydrogen) atoms. The van der Waals surface area contributed by atoms with Gasteiger partial charge in [0.2, 0.25) is 5.91 Å². The minimum absolute atomic E-state index is 0.108. The first-order chi connectivity index (χ1) is 10.1. The van der Waals surface area contributed by atoms with Crippen molar-refractivity contribution in [3.63, 3.8) is 0 Å². The molecule has 0 bridgehead atoms. The maximum Gasteiger partial charge on any atom is 0.306 e. The van der Waals surface area contributed by atoms with Crippen molar-refractivity contribution >= 4 is 22.9 Å². The first-order valence-electron chi connectivity index (χ1n) is 6.20. The van der Waals surface area contributed by atoms with Crippen LogP contribution >= 0.6 is 11.3 Å². The Labute approximate surface area is 124 Å². The lowest BCUT2D eigenvalue weighted by atomic mass is 10.2. The summed E-state index contributed by atoms with van der Waals surface area (Å²) in [5, 5.41) is 30.4. The number of aliphatic hydroxyl groups is 1. The Hall–Kier alpha value is -2.26. The first-order valence-corrected chi connectivity index (χ1v) is 7.14. The molecule has 2 heterocycles. The van der Waals surface area contributed by atoms with E-state index in [1.54, 1.807) is 6.07 Å². The zero-order valence-corrected chi connectivity index (χ0v) is 11.8. The van der Waals surface area contributed by atoms with E-state index in [-0.39, 0.29) is 31.1 Å². The number of rotatable bonds is 7. The van der Waals surface area contributed by atoms with Crippen LogP contribution in [0.25, 0.3) is 0 Å². The Bertz CT molecular complexity index is 611. The Morgan fingerprint density at radius 3 is 3.05 bits per heavy atom. The molecule has 0 spiro atoms. The number of amides is 1. The smallest absolute Gasteiger partial charge is 0.306 e. The van der Waals surface area contributed by atoms with E-state index in [4.69, 9.17) is 0 Å². The van der Waals surface area contributed by atoms with Gasteiger partial charge in [-0.15, -0.1) is 0 Å². The summed E-state index contributed by atoms with van der Waals surface area (Å²) in [7, 11) is 0. The van der Waals surface area contributed by atoms with Gasteiger partial charge in [-0.1, -0.05) is 0 Å². The maximum atomic E-state index is 11.6. The Balaban J connectivity index is 1.73. The molecule has 1 atom stereocenters. The molecule has 1 unspecified atom stereocenters. The van der Waals surface area contributed by atoms with Crippen molar-refractivity contribution in [3.05, 3.63) is 44.9 Å². The molecule has 0 aliphatic rings. The van der Waals surface area contributed by atoms with Crippen LogP contribution in [0.5, 0.6) is 0 Å². The van der Waals surface area contributed by atoms with Gasteiger partial charge in [0.05, 0.1) is 11.0 Å². The summed E-state index contributed by atoms with van der Waals surface area (Å²) in [6.07, 6.45) is 1.81. The summed E-state index contributed by atoms with van der Waals surface area (Å²) >= 11 is 1.48. The van der Waals surface area contributed by atoms with Gasteiger partial charge in [-0.25, -0.2) is 0 Å². The molecule has 0 radical (unpaired) electrons. The van der Waals surface area contributed by atoms with Gasteiger partial charge in [0, 0.05) is 19.5 Å². The topological polar surface area (TPSA) is 110 Å². The fourth-order valence-corrected chi connectivity index (χ4v) is 2.37. The number of nitrogens with zero attached hydrogens (tertiary/aromatic N) is 3. The van der Waals surface area contributed by atoms with Crippen molar-refractivity contribution in [2.75, 3.05) is 6.54 Å². The van der Waals surface area contributed by atoms with E-state index in [0.29, 0.717) is 0 Å². The minimum Gasteiger partial charge on any atom is -0.387 e. The third-order valence-corrected chi connectivity index (χ3v) is 3.52. The first kappa shape index (κ1) is 15.1. The van der Waals surface area contributed by atoms with Crippen molar-refractivity contribution in [2.24, 2.45) is 0 Å². The molecule has 0 aromatic carbocycles. The second kappa shape index (κ2) is 6.95. The highest BCUT2D eigenvalue weighted by atomic mass is 32.1. The number of aromatic nitrogens is 2. The molecule has 2 rings (SSSR count). The number of nitro groups is 1. The van der Waals surface area contributed by atoms with E-state index in [2.05, 4.69) is 10.4 Å². The predicted octanol–water partition coefficient (Wildman–Crippen LogP) is 1.09. The molecule has 0 aliphatic heterocycles. The second-order valence-corrected chi connectivity index (χ2v) is 5.13. The van der Waals surface area contributed by atoms with E-state index in [0.717, 1.165) is 11.8 Å². The average Bonchev–Trinajstić information content (AvgIpc) is 3.13. The lowest BCUT2D eigenvalue weighted by Crippen LogP contribution is -2.29. The minimum atomic E-state index is -0.731. The fraction of sp³-hybridized carbons (Fsp3) is 0.333. The van der Waals surface area contributed by atoms with Crippen LogP contribution in [0.15, 0.2) is 29.2 Å². The molecule has 2 aromatic rings. The van der Waals surface area contributed by atoms with Gasteiger partial charge in [-0.3, -0.25) is 19.6 Å². The molecule has 2 aromatic heterocycles. The monoisotopic (exact) mass is 310 g/mol. The molecule has 8 nitrogen and oxygen atoms in total. The molecule has 0 aliphatic carbocycles. The highest BCUT2D eigenvalue weighted by molar-refractivity contribution is 7.07. The van der Waals surface area contributed by atoms with Crippen molar-refractivity contribution in [2.45, 2.75) is 19.1 Å². The molecule has 2 N–H and O–H groups in total. The number of aliphatic hydroxyl groups excluding tert-OH is 1.